The van der Waals surface area contributed by atoms with Crippen LogP contribution in [0.15, 0.2) is 40.9 Å². The minimum Gasteiger partial charge on any atom is -0.319 e. The van der Waals surface area contributed by atoms with Crippen molar-refractivity contribution in [3.63, 3.8) is 0 Å². The van der Waals surface area contributed by atoms with Gasteiger partial charge in [-0.3, -0.25) is 4.79 Å². The molecular weight excluding hydrogens is 349 g/mol. The van der Waals surface area contributed by atoms with Crippen LogP contribution in [0.5, 0.6) is 0 Å². The topological polar surface area (TPSA) is 29.1 Å². The summed E-state index contributed by atoms with van der Waals surface area (Å²) in [5, 5.41) is 3.61. The number of benzene rings is 2. The molecule has 0 aromatic heterocycles. The standard InChI is InChI=1S/C14H10BrCl2NO/c1-8-5-6-11(16)13(12(8)17)18-14(19)9-3-2-4-10(15)7-9/h2-7H,1H3,(H,18,19). The molecule has 0 spiro atoms. The Bertz CT molecular complexity index is 643. The van der Waals surface area contributed by atoms with E-state index in [0.717, 1.165) is 10.0 Å². The first kappa shape index (κ1) is 14.4. The van der Waals surface area contributed by atoms with E-state index in [2.05, 4.69) is 21.2 Å². The van der Waals surface area contributed by atoms with Gasteiger partial charge in [-0.15, -0.1) is 0 Å². The molecule has 0 bridgehead atoms. The summed E-state index contributed by atoms with van der Waals surface area (Å²) >= 11 is 15.5. The predicted molar refractivity (Wildman–Crippen MR) is 83.3 cm³/mol. The van der Waals surface area contributed by atoms with E-state index < -0.39 is 0 Å². The van der Waals surface area contributed by atoms with E-state index in [1.165, 1.54) is 0 Å². The van der Waals surface area contributed by atoms with Gasteiger partial charge in [0.05, 0.1) is 15.7 Å². The number of hydrogen-bond acceptors (Lipinski definition) is 1. The monoisotopic (exact) mass is 357 g/mol. The van der Waals surface area contributed by atoms with Crippen LogP contribution in [0.3, 0.4) is 0 Å². The highest BCUT2D eigenvalue weighted by molar-refractivity contribution is 9.10. The van der Waals surface area contributed by atoms with Crippen molar-refractivity contribution in [2.45, 2.75) is 6.92 Å². The first-order valence-electron chi connectivity index (χ1n) is 5.50. The fourth-order valence-electron chi connectivity index (χ4n) is 1.59. The van der Waals surface area contributed by atoms with Gasteiger partial charge in [-0.2, -0.15) is 0 Å². The minimum atomic E-state index is -0.254. The second-order valence-electron chi connectivity index (χ2n) is 4.02. The normalized spacial score (nSPS) is 10.3. The van der Waals surface area contributed by atoms with Gasteiger partial charge in [-0.1, -0.05) is 51.3 Å². The average Bonchev–Trinajstić information content (AvgIpc) is 2.39. The Morgan fingerprint density at radius 2 is 1.95 bits per heavy atom. The smallest absolute Gasteiger partial charge is 0.255 e. The predicted octanol–water partition coefficient (Wildman–Crippen LogP) is 5.32. The molecule has 5 heteroatoms. The Kier molecular flexibility index (Phi) is 4.50. The maximum absolute atomic E-state index is 12.1. The molecule has 0 aliphatic carbocycles. The highest BCUT2D eigenvalue weighted by Crippen LogP contribution is 2.33. The Morgan fingerprint density at radius 3 is 2.63 bits per heavy atom. The van der Waals surface area contributed by atoms with Crippen LogP contribution in [0, 0.1) is 6.92 Å². The second kappa shape index (κ2) is 5.95. The zero-order chi connectivity index (χ0) is 14.0. The number of halogens is 3. The molecule has 0 saturated heterocycles. The van der Waals surface area contributed by atoms with Gasteiger partial charge >= 0.3 is 0 Å². The number of carbonyl (C=O) groups is 1. The van der Waals surface area contributed by atoms with E-state index >= 15 is 0 Å². The molecule has 0 aliphatic heterocycles. The molecule has 2 rings (SSSR count). The number of anilines is 1. The molecule has 2 nitrogen and oxygen atoms in total. The Morgan fingerprint density at radius 1 is 1.21 bits per heavy atom. The molecule has 0 saturated carbocycles. The number of nitrogens with one attached hydrogen (secondary N) is 1. The van der Waals surface area contributed by atoms with E-state index in [0.29, 0.717) is 21.3 Å². The Balaban J connectivity index is 2.32. The molecule has 19 heavy (non-hydrogen) atoms. The van der Waals surface area contributed by atoms with Crippen molar-refractivity contribution in [3.8, 4) is 0 Å². The van der Waals surface area contributed by atoms with E-state index in [4.69, 9.17) is 23.2 Å². The first-order chi connectivity index (χ1) is 8.99. The van der Waals surface area contributed by atoms with Gasteiger partial charge < -0.3 is 5.32 Å². The highest BCUT2D eigenvalue weighted by Gasteiger charge is 2.13. The van der Waals surface area contributed by atoms with Crippen molar-refractivity contribution in [1.29, 1.82) is 0 Å². The summed E-state index contributed by atoms with van der Waals surface area (Å²) in [6.45, 7) is 1.85. The quantitative estimate of drug-likeness (QED) is 0.773. The molecule has 0 aliphatic rings. The van der Waals surface area contributed by atoms with Crippen LogP contribution in [0.25, 0.3) is 0 Å². The number of carbonyl (C=O) groups excluding carboxylic acids is 1. The van der Waals surface area contributed by atoms with Crippen molar-refractivity contribution in [1.82, 2.24) is 0 Å². The van der Waals surface area contributed by atoms with Gasteiger partial charge in [0.15, 0.2) is 0 Å². The maximum Gasteiger partial charge on any atom is 0.255 e. The van der Waals surface area contributed by atoms with Crippen LogP contribution < -0.4 is 5.32 Å². The lowest BCUT2D eigenvalue weighted by Gasteiger charge is -2.11. The van der Waals surface area contributed by atoms with Crippen molar-refractivity contribution in [2.24, 2.45) is 0 Å². The third-order valence-electron chi connectivity index (χ3n) is 2.61. The third-order valence-corrected chi connectivity index (χ3v) is 3.90. The van der Waals surface area contributed by atoms with Crippen molar-refractivity contribution in [3.05, 3.63) is 62.0 Å². The van der Waals surface area contributed by atoms with Crippen molar-refractivity contribution >= 4 is 50.7 Å². The molecule has 0 unspecified atom stereocenters. The molecule has 0 fully saturated rings. The number of hydrogen-bond donors (Lipinski definition) is 1. The third kappa shape index (κ3) is 3.30. The molecule has 1 amide bonds. The van der Waals surface area contributed by atoms with Crippen LogP contribution in [-0.2, 0) is 0 Å². The van der Waals surface area contributed by atoms with E-state index in [1.807, 2.05) is 13.0 Å². The summed E-state index contributed by atoms with van der Waals surface area (Å²) < 4.78 is 0.835. The molecule has 2 aromatic rings. The SMILES string of the molecule is Cc1ccc(Cl)c(NC(=O)c2cccc(Br)c2)c1Cl. The van der Waals surface area contributed by atoms with Gasteiger partial charge in [-0.25, -0.2) is 0 Å². The summed E-state index contributed by atoms with van der Waals surface area (Å²) in [5.74, 6) is -0.254. The van der Waals surface area contributed by atoms with Gasteiger partial charge in [0.2, 0.25) is 0 Å². The highest BCUT2D eigenvalue weighted by atomic mass is 79.9. The van der Waals surface area contributed by atoms with Crippen LogP contribution in [0.4, 0.5) is 5.69 Å². The fourth-order valence-corrected chi connectivity index (χ4v) is 2.45. The zero-order valence-corrected chi connectivity index (χ0v) is 13.1. The molecule has 1 N–H and O–H groups in total. The Hall–Kier alpha value is -1.03. The van der Waals surface area contributed by atoms with Crippen LogP contribution in [0.1, 0.15) is 15.9 Å². The Labute approximate surface area is 129 Å². The summed E-state index contributed by atoms with van der Waals surface area (Å²) in [4.78, 5) is 12.1. The molecule has 0 atom stereocenters. The molecule has 0 heterocycles. The number of aryl methyl sites for hydroxylation is 1. The van der Waals surface area contributed by atoms with E-state index in [9.17, 15) is 4.79 Å². The maximum atomic E-state index is 12.1. The molecule has 98 valence electrons. The summed E-state index contributed by atoms with van der Waals surface area (Å²) in [5.41, 5.74) is 1.83. The van der Waals surface area contributed by atoms with Gasteiger partial charge in [-0.05, 0) is 36.8 Å². The zero-order valence-electron chi connectivity index (χ0n) is 10.0. The summed E-state index contributed by atoms with van der Waals surface area (Å²) in [6.07, 6.45) is 0. The fraction of sp³-hybridized carbons (Fsp3) is 0.0714. The van der Waals surface area contributed by atoms with Crippen LogP contribution in [-0.4, -0.2) is 5.91 Å². The number of amides is 1. The molecule has 2 aromatic carbocycles. The summed E-state index contributed by atoms with van der Waals surface area (Å²) in [6, 6.07) is 10.6. The van der Waals surface area contributed by atoms with E-state index in [1.54, 1.807) is 30.3 Å². The molecular formula is C14H10BrCl2NO. The van der Waals surface area contributed by atoms with Gasteiger partial charge in [0.25, 0.3) is 5.91 Å². The van der Waals surface area contributed by atoms with Crippen molar-refractivity contribution < 1.29 is 4.79 Å². The second-order valence-corrected chi connectivity index (χ2v) is 5.72. The van der Waals surface area contributed by atoms with Crippen LogP contribution in [0.2, 0.25) is 10.0 Å². The van der Waals surface area contributed by atoms with E-state index in [-0.39, 0.29) is 5.91 Å². The van der Waals surface area contributed by atoms with Gasteiger partial charge in [0.1, 0.15) is 0 Å². The van der Waals surface area contributed by atoms with Crippen LogP contribution >= 0.6 is 39.1 Å². The molecule has 0 radical (unpaired) electrons. The lowest BCUT2D eigenvalue weighted by Crippen LogP contribution is -2.12. The minimum absolute atomic E-state index is 0.254. The lowest BCUT2D eigenvalue weighted by atomic mass is 10.2. The van der Waals surface area contributed by atoms with Gasteiger partial charge in [0, 0.05) is 10.0 Å². The first-order valence-corrected chi connectivity index (χ1v) is 7.05. The summed E-state index contributed by atoms with van der Waals surface area (Å²) in [7, 11) is 0. The lowest BCUT2D eigenvalue weighted by molar-refractivity contribution is 0.102. The largest absolute Gasteiger partial charge is 0.319 e. The van der Waals surface area contributed by atoms with Crippen molar-refractivity contribution in [2.75, 3.05) is 5.32 Å². The average molecular weight is 359 g/mol. The number of rotatable bonds is 2.